The molecule has 0 aromatic rings. The Bertz CT molecular complexity index is 268. The first-order valence-corrected chi connectivity index (χ1v) is 7.49. The van der Waals surface area contributed by atoms with Crippen molar-refractivity contribution in [1.82, 2.24) is 0 Å². The molecule has 2 atom stereocenters. The largest absolute Gasteiger partial charge is 0.319 e. The third-order valence-corrected chi connectivity index (χ3v) is 4.97. The third-order valence-electron chi connectivity index (χ3n) is 4.97. The van der Waals surface area contributed by atoms with Crippen molar-refractivity contribution in [1.29, 1.82) is 0 Å². The third kappa shape index (κ3) is 2.90. The van der Waals surface area contributed by atoms with Crippen LogP contribution in [0.15, 0.2) is 0 Å². The van der Waals surface area contributed by atoms with Crippen molar-refractivity contribution >= 4 is 5.78 Å². The molecule has 2 fully saturated rings. The van der Waals surface area contributed by atoms with E-state index >= 15 is 0 Å². The Labute approximate surface area is 105 Å². The highest BCUT2D eigenvalue weighted by Crippen LogP contribution is 2.36. The molecule has 0 spiro atoms. The smallest absolute Gasteiger partial charge is 0.155 e. The van der Waals surface area contributed by atoms with Gasteiger partial charge in [-0.3, -0.25) is 4.79 Å². The Hall–Kier alpha value is -0.370. The second-order valence-corrected chi connectivity index (χ2v) is 6.22. The summed E-state index contributed by atoms with van der Waals surface area (Å²) in [5.41, 5.74) is 5.91. The Morgan fingerprint density at radius 3 is 2.53 bits per heavy atom. The lowest BCUT2D eigenvalue weighted by Crippen LogP contribution is -2.52. The fourth-order valence-electron chi connectivity index (χ4n) is 3.74. The summed E-state index contributed by atoms with van der Waals surface area (Å²) in [6.45, 7) is 2.25. The van der Waals surface area contributed by atoms with Crippen LogP contribution in [0.5, 0.6) is 0 Å². The minimum Gasteiger partial charge on any atom is -0.319 e. The Kier molecular flexibility index (Phi) is 4.24. The van der Waals surface area contributed by atoms with Gasteiger partial charge in [0.25, 0.3) is 0 Å². The average molecular weight is 237 g/mol. The normalized spacial score (nSPS) is 33.3. The zero-order chi connectivity index (χ0) is 12.3. The molecule has 2 aliphatic rings. The minimum atomic E-state index is -0.460. The second-order valence-electron chi connectivity index (χ2n) is 6.22. The maximum absolute atomic E-state index is 12.6. The number of rotatable bonds is 3. The van der Waals surface area contributed by atoms with Crippen LogP contribution in [-0.2, 0) is 4.79 Å². The highest BCUT2D eigenvalue weighted by atomic mass is 16.1. The van der Waals surface area contributed by atoms with Crippen molar-refractivity contribution in [2.45, 2.75) is 76.7 Å². The molecule has 2 N–H and O–H groups in total. The van der Waals surface area contributed by atoms with E-state index in [0.717, 1.165) is 44.4 Å². The highest BCUT2D eigenvalue weighted by Gasteiger charge is 2.40. The summed E-state index contributed by atoms with van der Waals surface area (Å²) < 4.78 is 0. The van der Waals surface area contributed by atoms with Gasteiger partial charge in [0.15, 0.2) is 5.78 Å². The van der Waals surface area contributed by atoms with Crippen LogP contribution >= 0.6 is 0 Å². The van der Waals surface area contributed by atoms with Crippen molar-refractivity contribution < 1.29 is 4.79 Å². The van der Waals surface area contributed by atoms with Crippen LogP contribution < -0.4 is 5.73 Å². The summed E-state index contributed by atoms with van der Waals surface area (Å²) >= 11 is 0. The fourth-order valence-corrected chi connectivity index (χ4v) is 3.74. The van der Waals surface area contributed by atoms with Crippen LogP contribution in [0.2, 0.25) is 0 Å². The second kappa shape index (κ2) is 5.51. The fraction of sp³-hybridized carbons (Fsp3) is 0.933. The van der Waals surface area contributed by atoms with Gasteiger partial charge in [0.05, 0.1) is 5.54 Å². The first-order chi connectivity index (χ1) is 8.15. The zero-order valence-electron chi connectivity index (χ0n) is 11.2. The highest BCUT2D eigenvalue weighted by molar-refractivity contribution is 5.90. The van der Waals surface area contributed by atoms with E-state index in [9.17, 15) is 4.79 Å². The molecule has 17 heavy (non-hydrogen) atoms. The van der Waals surface area contributed by atoms with Gasteiger partial charge in [-0.25, -0.2) is 0 Å². The quantitative estimate of drug-likeness (QED) is 0.817. The topological polar surface area (TPSA) is 43.1 Å². The predicted molar refractivity (Wildman–Crippen MR) is 70.7 cm³/mol. The molecule has 2 rings (SSSR count). The van der Waals surface area contributed by atoms with Crippen molar-refractivity contribution in [3.05, 3.63) is 0 Å². The molecule has 2 saturated carbocycles. The summed E-state index contributed by atoms with van der Waals surface area (Å²) in [7, 11) is 0. The van der Waals surface area contributed by atoms with Crippen molar-refractivity contribution in [3.8, 4) is 0 Å². The Balaban J connectivity index is 1.98. The molecule has 2 nitrogen and oxygen atoms in total. The van der Waals surface area contributed by atoms with Crippen LogP contribution in [0.1, 0.15) is 71.1 Å². The van der Waals surface area contributed by atoms with Gasteiger partial charge in [0.2, 0.25) is 0 Å². The molecular weight excluding hydrogens is 210 g/mol. The summed E-state index contributed by atoms with van der Waals surface area (Å²) in [6.07, 6.45) is 11.4. The van der Waals surface area contributed by atoms with Gasteiger partial charge in [-0.05, 0) is 31.6 Å². The number of hydrogen-bond acceptors (Lipinski definition) is 2. The minimum absolute atomic E-state index is 0.275. The molecule has 2 unspecified atom stereocenters. The standard InChI is InChI=1S/C15H27NO/c1-2-12-7-6-8-13(11-12)14(17)15(16)9-4-3-5-10-15/h12-13H,2-11,16H2,1H3. The van der Waals surface area contributed by atoms with E-state index in [4.69, 9.17) is 5.73 Å². The van der Waals surface area contributed by atoms with Gasteiger partial charge in [0.1, 0.15) is 0 Å². The molecule has 0 aromatic carbocycles. The number of Topliss-reactive ketones (excluding diaryl/α,β-unsaturated/α-hetero) is 1. The molecule has 2 aliphatic carbocycles. The Morgan fingerprint density at radius 2 is 1.88 bits per heavy atom. The first-order valence-electron chi connectivity index (χ1n) is 7.49. The van der Waals surface area contributed by atoms with E-state index < -0.39 is 5.54 Å². The molecule has 0 amide bonds. The maximum Gasteiger partial charge on any atom is 0.155 e. The predicted octanol–water partition coefficient (Wildman–Crippen LogP) is 3.43. The van der Waals surface area contributed by atoms with Crippen molar-refractivity contribution in [2.24, 2.45) is 17.6 Å². The number of hydrogen-bond donors (Lipinski definition) is 1. The average Bonchev–Trinajstić information content (AvgIpc) is 2.39. The van der Waals surface area contributed by atoms with E-state index in [1.165, 1.54) is 25.7 Å². The summed E-state index contributed by atoms with van der Waals surface area (Å²) in [6, 6.07) is 0. The van der Waals surface area contributed by atoms with Crippen LogP contribution in [0.4, 0.5) is 0 Å². The van der Waals surface area contributed by atoms with Gasteiger partial charge in [-0.2, -0.15) is 0 Å². The van der Waals surface area contributed by atoms with E-state index in [0.29, 0.717) is 5.78 Å². The molecule has 98 valence electrons. The number of carbonyl (C=O) groups is 1. The van der Waals surface area contributed by atoms with Crippen molar-refractivity contribution in [2.75, 3.05) is 0 Å². The zero-order valence-corrected chi connectivity index (χ0v) is 11.2. The first kappa shape index (κ1) is 13.1. The van der Waals surface area contributed by atoms with Crippen LogP contribution in [-0.4, -0.2) is 11.3 Å². The van der Waals surface area contributed by atoms with Gasteiger partial charge in [-0.15, -0.1) is 0 Å². The van der Waals surface area contributed by atoms with E-state index in [-0.39, 0.29) is 5.92 Å². The van der Waals surface area contributed by atoms with Gasteiger partial charge >= 0.3 is 0 Å². The SMILES string of the molecule is CCC1CCCC(C(=O)C2(N)CCCCC2)C1. The number of nitrogens with two attached hydrogens (primary N) is 1. The monoisotopic (exact) mass is 237 g/mol. The van der Waals surface area contributed by atoms with Gasteiger partial charge in [0, 0.05) is 5.92 Å². The van der Waals surface area contributed by atoms with Crippen LogP contribution in [0.25, 0.3) is 0 Å². The lowest BCUT2D eigenvalue weighted by molar-refractivity contribution is -0.130. The Morgan fingerprint density at radius 1 is 1.18 bits per heavy atom. The van der Waals surface area contributed by atoms with E-state index in [2.05, 4.69) is 6.92 Å². The molecule has 0 aromatic heterocycles. The van der Waals surface area contributed by atoms with Gasteiger partial charge in [-0.1, -0.05) is 45.4 Å². The number of ketones is 1. The summed E-state index contributed by atoms with van der Waals surface area (Å²) in [5, 5.41) is 0. The van der Waals surface area contributed by atoms with Gasteiger partial charge < -0.3 is 5.73 Å². The lowest BCUT2D eigenvalue weighted by atomic mass is 9.70. The summed E-state index contributed by atoms with van der Waals surface area (Å²) in [4.78, 5) is 12.6. The summed E-state index contributed by atoms with van der Waals surface area (Å²) in [5.74, 6) is 1.44. The maximum atomic E-state index is 12.6. The van der Waals surface area contributed by atoms with Crippen molar-refractivity contribution in [3.63, 3.8) is 0 Å². The molecule has 0 radical (unpaired) electrons. The lowest BCUT2D eigenvalue weighted by Gasteiger charge is -2.37. The van der Waals surface area contributed by atoms with Crippen LogP contribution in [0, 0.1) is 11.8 Å². The van der Waals surface area contributed by atoms with E-state index in [1.54, 1.807) is 0 Å². The number of carbonyl (C=O) groups excluding carboxylic acids is 1. The van der Waals surface area contributed by atoms with Crippen LogP contribution in [0.3, 0.4) is 0 Å². The van der Waals surface area contributed by atoms with E-state index in [1.807, 2.05) is 0 Å². The molecule has 0 saturated heterocycles. The molecule has 0 bridgehead atoms. The molecule has 0 aliphatic heterocycles. The molecular formula is C15H27NO. The molecule has 2 heteroatoms. The molecule has 0 heterocycles.